The number of halogens is 2. The van der Waals surface area contributed by atoms with E-state index in [4.69, 9.17) is 40.4 Å². The maximum Gasteiger partial charge on any atom is 0.278 e. The second-order valence-corrected chi connectivity index (χ2v) is 8.76. The van der Waals surface area contributed by atoms with Gasteiger partial charge in [-0.1, -0.05) is 48.3 Å². The number of rotatable bonds is 8. The summed E-state index contributed by atoms with van der Waals surface area (Å²) in [4.78, 5) is 29.7. The van der Waals surface area contributed by atoms with Gasteiger partial charge in [-0.15, -0.1) is 0 Å². The molecule has 35 heavy (non-hydrogen) atoms. The van der Waals surface area contributed by atoms with Gasteiger partial charge in [0.05, 0.1) is 16.0 Å². The zero-order valence-electron chi connectivity index (χ0n) is 19.2. The first kappa shape index (κ1) is 26.2. The van der Waals surface area contributed by atoms with Crippen molar-refractivity contribution in [3.05, 3.63) is 93.0 Å². The molecule has 0 fully saturated rings. The zero-order chi connectivity index (χ0) is 25.5. The maximum absolute atomic E-state index is 13.1. The molecular formula is C26H27Cl2N5O2. The Morgan fingerprint density at radius 2 is 1.71 bits per heavy atom. The fourth-order valence-electron chi connectivity index (χ4n) is 3.55. The number of benzene rings is 3. The lowest BCUT2D eigenvalue weighted by Crippen LogP contribution is -2.24. The number of anilines is 2. The summed E-state index contributed by atoms with van der Waals surface area (Å²) in [6.07, 6.45) is 1.27. The summed E-state index contributed by atoms with van der Waals surface area (Å²) in [7, 11) is 0. The van der Waals surface area contributed by atoms with Gasteiger partial charge in [0, 0.05) is 22.5 Å². The summed E-state index contributed by atoms with van der Waals surface area (Å²) in [6.45, 7) is 2.33. The van der Waals surface area contributed by atoms with Crippen molar-refractivity contribution in [2.45, 2.75) is 25.7 Å². The van der Waals surface area contributed by atoms with Crippen LogP contribution in [0.5, 0.6) is 0 Å². The van der Waals surface area contributed by atoms with Crippen LogP contribution in [-0.4, -0.2) is 24.2 Å². The van der Waals surface area contributed by atoms with Gasteiger partial charge in [0.15, 0.2) is 0 Å². The van der Waals surface area contributed by atoms with E-state index in [0.29, 0.717) is 51.1 Å². The maximum atomic E-state index is 13.1. The molecule has 0 aliphatic rings. The van der Waals surface area contributed by atoms with Crippen molar-refractivity contribution in [2.24, 2.45) is 16.5 Å². The molecule has 0 saturated heterocycles. The van der Waals surface area contributed by atoms with Gasteiger partial charge in [0.25, 0.3) is 5.91 Å². The van der Waals surface area contributed by atoms with E-state index in [1.165, 1.54) is 0 Å². The van der Waals surface area contributed by atoms with Crippen molar-refractivity contribution < 1.29 is 9.59 Å². The average molecular weight is 512 g/mol. The Labute approximate surface area is 214 Å². The fraction of sp³-hybridized carbons (Fsp3) is 0.192. The standard InChI is InChI=1S/C26H27Cl2N5O2/c1-2-15-3-5-16(6-4-15)25(34)33-24(31)20-14-18(8-10-23(20)30)32-26(35)19(11-12-29)17-7-9-21(27)22(28)13-17/h3-10,13-14,19H,2,11-12,29-30H2,1H3,(H,32,35)(H2,31,33,34). The molecule has 3 aromatic carbocycles. The first-order chi connectivity index (χ1) is 16.7. The Morgan fingerprint density at radius 1 is 1.00 bits per heavy atom. The molecule has 2 amide bonds. The smallest absolute Gasteiger partial charge is 0.278 e. The number of amidine groups is 1. The number of carbonyl (C=O) groups excluding carboxylic acids is 2. The average Bonchev–Trinajstić information content (AvgIpc) is 2.85. The Hall–Kier alpha value is -3.39. The molecule has 0 aliphatic carbocycles. The molecule has 0 aromatic heterocycles. The highest BCUT2D eigenvalue weighted by Crippen LogP contribution is 2.29. The number of amides is 2. The summed E-state index contributed by atoms with van der Waals surface area (Å²) in [6, 6.07) is 17.0. The number of nitrogens with two attached hydrogens (primary N) is 3. The molecule has 1 unspecified atom stereocenters. The van der Waals surface area contributed by atoms with Crippen LogP contribution in [0.2, 0.25) is 10.0 Å². The third kappa shape index (κ3) is 6.60. The van der Waals surface area contributed by atoms with Crippen LogP contribution in [0.3, 0.4) is 0 Å². The van der Waals surface area contributed by atoms with E-state index in [-0.39, 0.29) is 11.7 Å². The highest BCUT2D eigenvalue weighted by atomic mass is 35.5. The third-order valence-corrected chi connectivity index (χ3v) is 6.28. The van der Waals surface area contributed by atoms with E-state index in [9.17, 15) is 9.59 Å². The lowest BCUT2D eigenvalue weighted by atomic mass is 9.94. The van der Waals surface area contributed by atoms with Crippen molar-refractivity contribution in [1.82, 2.24) is 0 Å². The molecule has 7 N–H and O–H groups in total. The SMILES string of the molecule is CCc1ccc(C(=O)N=C(N)c2cc(NC(=O)C(CCN)c3ccc(Cl)c(Cl)c3)ccc2N)cc1. The molecule has 7 nitrogen and oxygen atoms in total. The first-order valence-corrected chi connectivity index (χ1v) is 11.8. The predicted molar refractivity (Wildman–Crippen MR) is 143 cm³/mol. The molecule has 0 heterocycles. The summed E-state index contributed by atoms with van der Waals surface area (Å²) in [5, 5.41) is 3.61. The quantitative estimate of drug-likeness (QED) is 0.196. The van der Waals surface area contributed by atoms with E-state index in [1.54, 1.807) is 48.5 Å². The Bertz CT molecular complexity index is 1260. The summed E-state index contributed by atoms with van der Waals surface area (Å²) < 4.78 is 0. The van der Waals surface area contributed by atoms with Crippen LogP contribution in [-0.2, 0) is 11.2 Å². The third-order valence-electron chi connectivity index (χ3n) is 5.55. The largest absolute Gasteiger partial charge is 0.398 e. The minimum atomic E-state index is -0.547. The van der Waals surface area contributed by atoms with Crippen molar-refractivity contribution in [2.75, 3.05) is 17.6 Å². The van der Waals surface area contributed by atoms with Gasteiger partial charge in [0.2, 0.25) is 5.91 Å². The number of nitrogens with one attached hydrogen (secondary N) is 1. The number of hydrogen-bond donors (Lipinski definition) is 4. The van der Waals surface area contributed by atoms with Gasteiger partial charge in [0.1, 0.15) is 5.84 Å². The molecule has 3 rings (SSSR count). The molecule has 182 valence electrons. The molecule has 9 heteroatoms. The van der Waals surface area contributed by atoms with Crippen molar-refractivity contribution in [3.8, 4) is 0 Å². The zero-order valence-corrected chi connectivity index (χ0v) is 20.7. The highest BCUT2D eigenvalue weighted by molar-refractivity contribution is 6.42. The number of aryl methyl sites for hydroxylation is 1. The highest BCUT2D eigenvalue weighted by Gasteiger charge is 2.21. The van der Waals surface area contributed by atoms with Crippen LogP contribution in [0, 0.1) is 0 Å². The van der Waals surface area contributed by atoms with E-state index in [1.807, 2.05) is 19.1 Å². The number of carbonyl (C=O) groups is 2. The molecular weight excluding hydrogens is 485 g/mol. The molecule has 1 atom stereocenters. The van der Waals surface area contributed by atoms with Gasteiger partial charge in [-0.05, 0) is 73.0 Å². The first-order valence-electron chi connectivity index (χ1n) is 11.1. The van der Waals surface area contributed by atoms with Crippen LogP contribution in [0.1, 0.15) is 46.3 Å². The summed E-state index contributed by atoms with van der Waals surface area (Å²) in [5.74, 6) is -1.37. The second-order valence-electron chi connectivity index (χ2n) is 7.95. The minimum absolute atomic E-state index is 0.0499. The number of nitrogen functional groups attached to an aromatic ring is 1. The van der Waals surface area contributed by atoms with Crippen molar-refractivity contribution >= 4 is 52.2 Å². The van der Waals surface area contributed by atoms with Gasteiger partial charge in [-0.3, -0.25) is 9.59 Å². The van der Waals surface area contributed by atoms with Gasteiger partial charge in [-0.2, -0.15) is 4.99 Å². The lowest BCUT2D eigenvalue weighted by Gasteiger charge is -2.18. The van der Waals surface area contributed by atoms with Crippen LogP contribution in [0.15, 0.2) is 65.7 Å². The summed E-state index contributed by atoms with van der Waals surface area (Å²) in [5.41, 5.74) is 21.3. The van der Waals surface area contributed by atoms with Gasteiger partial charge in [-0.25, -0.2) is 0 Å². The van der Waals surface area contributed by atoms with E-state index >= 15 is 0 Å². The van der Waals surface area contributed by atoms with Gasteiger partial charge < -0.3 is 22.5 Å². The second kappa shape index (κ2) is 11.8. The van der Waals surface area contributed by atoms with E-state index in [0.717, 1.165) is 12.0 Å². The van der Waals surface area contributed by atoms with E-state index in [2.05, 4.69) is 10.3 Å². The van der Waals surface area contributed by atoms with Crippen molar-refractivity contribution in [1.29, 1.82) is 0 Å². The van der Waals surface area contributed by atoms with Crippen LogP contribution >= 0.6 is 23.2 Å². The molecule has 0 bridgehead atoms. The Morgan fingerprint density at radius 3 is 2.34 bits per heavy atom. The Balaban J connectivity index is 1.83. The Kier molecular flexibility index (Phi) is 8.87. The molecule has 0 saturated carbocycles. The summed E-state index contributed by atoms with van der Waals surface area (Å²) >= 11 is 12.1. The topological polar surface area (TPSA) is 137 Å². The van der Waals surface area contributed by atoms with Crippen LogP contribution in [0.4, 0.5) is 11.4 Å². The lowest BCUT2D eigenvalue weighted by molar-refractivity contribution is -0.117. The van der Waals surface area contributed by atoms with Crippen LogP contribution in [0.25, 0.3) is 0 Å². The normalized spacial score (nSPS) is 12.3. The predicted octanol–water partition coefficient (Wildman–Crippen LogP) is 4.75. The van der Waals surface area contributed by atoms with Crippen LogP contribution < -0.4 is 22.5 Å². The minimum Gasteiger partial charge on any atom is -0.398 e. The molecule has 3 aromatic rings. The molecule has 0 radical (unpaired) electrons. The van der Waals surface area contributed by atoms with E-state index < -0.39 is 11.8 Å². The molecule has 0 spiro atoms. The number of nitrogens with zero attached hydrogens (tertiary/aromatic N) is 1. The molecule has 0 aliphatic heterocycles. The van der Waals surface area contributed by atoms with Crippen molar-refractivity contribution in [3.63, 3.8) is 0 Å². The number of hydrogen-bond acceptors (Lipinski definition) is 4. The fourth-order valence-corrected chi connectivity index (χ4v) is 3.85. The monoisotopic (exact) mass is 511 g/mol. The number of aliphatic imine (C=N–C) groups is 1. The van der Waals surface area contributed by atoms with Gasteiger partial charge >= 0.3 is 0 Å².